The van der Waals surface area contributed by atoms with Crippen LogP contribution in [0.15, 0.2) is 71.7 Å². The number of pyridine rings is 1. The van der Waals surface area contributed by atoms with E-state index < -0.39 is 33.9 Å². The molecule has 0 amide bonds. The Bertz CT molecular complexity index is 1710. The van der Waals surface area contributed by atoms with Crippen molar-refractivity contribution in [3.8, 4) is 5.69 Å². The summed E-state index contributed by atoms with van der Waals surface area (Å²) in [6.07, 6.45) is 4.47. The topological polar surface area (TPSA) is 85.9 Å². The molecule has 0 N–H and O–H groups in total. The van der Waals surface area contributed by atoms with E-state index in [9.17, 15) is 26.6 Å². The van der Waals surface area contributed by atoms with Crippen molar-refractivity contribution in [3.63, 3.8) is 0 Å². The van der Waals surface area contributed by atoms with Crippen LogP contribution in [0.1, 0.15) is 46.6 Å². The lowest BCUT2D eigenvalue weighted by atomic mass is 9.60. The maximum atomic E-state index is 14.3. The minimum atomic E-state index is -4.58. The quantitative estimate of drug-likeness (QED) is 0.226. The SMILES string of the molecule is CN(C1CCC2=Cc3c(cnn3-c3ccc(F)cc3)CC2(C(=O)c2ccc(C(F)(F)F)cn2)C1)S(=O)c1cnn(C)c1. The maximum Gasteiger partial charge on any atom is 0.417 e. The van der Waals surface area contributed by atoms with Crippen molar-refractivity contribution >= 4 is 22.8 Å². The summed E-state index contributed by atoms with van der Waals surface area (Å²) in [7, 11) is 1.92. The number of hydrogen-bond donors (Lipinski definition) is 0. The first-order valence-electron chi connectivity index (χ1n) is 13.2. The monoisotopic (exact) mass is 598 g/mol. The van der Waals surface area contributed by atoms with Crippen molar-refractivity contribution in [1.29, 1.82) is 0 Å². The molecule has 1 fully saturated rings. The van der Waals surface area contributed by atoms with Gasteiger partial charge in [0.25, 0.3) is 0 Å². The fourth-order valence-electron chi connectivity index (χ4n) is 5.91. The van der Waals surface area contributed by atoms with Gasteiger partial charge in [0, 0.05) is 32.5 Å². The van der Waals surface area contributed by atoms with Crippen LogP contribution in [0.3, 0.4) is 0 Å². The number of benzene rings is 1. The number of hydrogen-bond acceptors (Lipinski definition) is 5. The van der Waals surface area contributed by atoms with Crippen LogP contribution < -0.4 is 0 Å². The predicted molar refractivity (Wildman–Crippen MR) is 146 cm³/mol. The van der Waals surface area contributed by atoms with Gasteiger partial charge in [-0.3, -0.25) is 14.5 Å². The van der Waals surface area contributed by atoms with Gasteiger partial charge < -0.3 is 0 Å². The zero-order valence-electron chi connectivity index (χ0n) is 22.7. The van der Waals surface area contributed by atoms with Crippen LogP contribution in [0.2, 0.25) is 0 Å². The van der Waals surface area contributed by atoms with Crippen LogP contribution in [0, 0.1) is 11.2 Å². The normalized spacial score (nSPS) is 21.0. The highest BCUT2D eigenvalue weighted by Crippen LogP contribution is 2.51. The van der Waals surface area contributed by atoms with Gasteiger partial charge in [-0.25, -0.2) is 17.6 Å². The predicted octanol–water partition coefficient (Wildman–Crippen LogP) is 5.17. The molecule has 4 aromatic rings. The lowest BCUT2D eigenvalue weighted by molar-refractivity contribution is -0.137. The van der Waals surface area contributed by atoms with Gasteiger partial charge in [-0.1, -0.05) is 5.57 Å². The molecule has 3 aromatic heterocycles. The Balaban J connectivity index is 1.40. The second-order valence-corrected chi connectivity index (χ2v) is 12.2. The number of aromatic nitrogens is 5. The number of carbonyl (C=O) groups is 1. The van der Waals surface area contributed by atoms with Gasteiger partial charge in [-0.15, -0.1) is 0 Å². The fraction of sp³-hybridized carbons (Fsp3) is 0.310. The third-order valence-electron chi connectivity index (χ3n) is 8.12. The second-order valence-electron chi connectivity index (χ2n) is 10.7. The molecule has 2 aliphatic carbocycles. The molecule has 3 atom stereocenters. The average Bonchev–Trinajstić information content (AvgIpc) is 3.60. The van der Waals surface area contributed by atoms with E-state index in [1.165, 1.54) is 18.3 Å². The molecule has 42 heavy (non-hydrogen) atoms. The van der Waals surface area contributed by atoms with Crippen molar-refractivity contribution in [2.45, 2.75) is 42.8 Å². The molecule has 1 saturated carbocycles. The molecule has 13 heteroatoms. The smallest absolute Gasteiger partial charge is 0.291 e. The molecule has 6 rings (SSSR count). The molecular weight excluding hydrogens is 572 g/mol. The summed E-state index contributed by atoms with van der Waals surface area (Å²) in [6, 6.07) is 7.61. The Hall–Kier alpha value is -3.97. The van der Waals surface area contributed by atoms with Crippen LogP contribution in [-0.4, -0.2) is 51.9 Å². The number of rotatable bonds is 6. The van der Waals surface area contributed by atoms with Gasteiger partial charge in [0.2, 0.25) is 0 Å². The fourth-order valence-corrected chi connectivity index (χ4v) is 7.08. The molecule has 1 aromatic carbocycles. The number of fused-ring (bicyclic) bond motifs is 2. The highest BCUT2D eigenvalue weighted by molar-refractivity contribution is 7.82. The van der Waals surface area contributed by atoms with Crippen LogP contribution in [0.4, 0.5) is 17.6 Å². The zero-order chi connectivity index (χ0) is 29.8. The van der Waals surface area contributed by atoms with Crippen LogP contribution in [0.5, 0.6) is 0 Å². The Morgan fingerprint density at radius 3 is 2.50 bits per heavy atom. The van der Waals surface area contributed by atoms with E-state index >= 15 is 0 Å². The molecule has 0 aliphatic heterocycles. The lowest BCUT2D eigenvalue weighted by Crippen LogP contribution is -2.48. The van der Waals surface area contributed by atoms with Gasteiger partial charge in [0.1, 0.15) is 22.5 Å². The van der Waals surface area contributed by atoms with E-state index in [1.807, 2.05) is 6.08 Å². The van der Waals surface area contributed by atoms with Crippen molar-refractivity contribution in [1.82, 2.24) is 28.9 Å². The van der Waals surface area contributed by atoms with E-state index in [0.29, 0.717) is 29.6 Å². The highest BCUT2D eigenvalue weighted by Gasteiger charge is 2.50. The third-order valence-corrected chi connectivity index (χ3v) is 9.56. The molecule has 3 unspecified atom stereocenters. The highest BCUT2D eigenvalue weighted by atomic mass is 32.2. The number of nitrogens with zero attached hydrogens (tertiary/aromatic N) is 6. The van der Waals surface area contributed by atoms with Gasteiger partial charge in [-0.05, 0) is 73.7 Å². The molecule has 218 valence electrons. The Morgan fingerprint density at radius 2 is 1.86 bits per heavy atom. The minimum absolute atomic E-state index is 0.0695. The summed E-state index contributed by atoms with van der Waals surface area (Å²) in [6.45, 7) is 0. The number of halogens is 4. The summed E-state index contributed by atoms with van der Waals surface area (Å²) in [4.78, 5) is 18.8. The largest absolute Gasteiger partial charge is 0.417 e. The standard InChI is InChI=1S/C29H26F4N6O2S/c1-37-17-24(16-35-37)42(41)38(2)23-7-3-19-11-26-18(14-36-39(26)22-8-5-21(30)6-9-22)12-28(19,13-23)27(40)25-10-4-20(15-34-25)29(31,32)33/h4-6,8-11,14-17,23H,3,7,12-13H2,1-2H3. The molecular formula is C29H26F4N6O2S. The van der Waals surface area contributed by atoms with Gasteiger partial charge in [-0.2, -0.15) is 23.4 Å². The number of ketones is 1. The lowest BCUT2D eigenvalue weighted by Gasteiger charge is -2.45. The second kappa shape index (κ2) is 10.4. The third kappa shape index (κ3) is 4.90. The summed E-state index contributed by atoms with van der Waals surface area (Å²) < 4.78 is 71.6. The van der Waals surface area contributed by atoms with Crippen LogP contribution >= 0.6 is 0 Å². The van der Waals surface area contributed by atoms with Crippen molar-refractivity contribution in [3.05, 3.63) is 95.1 Å². The van der Waals surface area contributed by atoms with E-state index in [2.05, 4.69) is 15.2 Å². The first-order valence-corrected chi connectivity index (χ1v) is 14.3. The van der Waals surface area contributed by atoms with Crippen LogP contribution in [0.25, 0.3) is 11.8 Å². The summed E-state index contributed by atoms with van der Waals surface area (Å²) >= 11 is 0. The van der Waals surface area contributed by atoms with Gasteiger partial charge in [0.15, 0.2) is 5.78 Å². The molecule has 8 nitrogen and oxygen atoms in total. The molecule has 2 aliphatic rings. The number of carbonyl (C=O) groups excluding carboxylic acids is 1. The summed E-state index contributed by atoms with van der Waals surface area (Å²) in [5, 5.41) is 8.62. The van der Waals surface area contributed by atoms with Crippen molar-refractivity contribution < 1.29 is 26.6 Å². The zero-order valence-corrected chi connectivity index (χ0v) is 23.5. The molecule has 0 bridgehead atoms. The Morgan fingerprint density at radius 1 is 1.10 bits per heavy atom. The van der Waals surface area contributed by atoms with Crippen LogP contribution in [-0.2, 0) is 30.6 Å². The van der Waals surface area contributed by atoms with Gasteiger partial charge >= 0.3 is 6.18 Å². The molecule has 0 spiro atoms. The summed E-state index contributed by atoms with van der Waals surface area (Å²) in [5.74, 6) is -0.772. The minimum Gasteiger partial charge on any atom is -0.291 e. The van der Waals surface area contributed by atoms with Crippen molar-refractivity contribution in [2.75, 3.05) is 7.05 Å². The average molecular weight is 599 g/mol. The van der Waals surface area contributed by atoms with E-state index in [4.69, 9.17) is 0 Å². The van der Waals surface area contributed by atoms with Gasteiger partial charge in [0.05, 0.1) is 39.6 Å². The maximum absolute atomic E-state index is 14.3. The summed E-state index contributed by atoms with van der Waals surface area (Å²) in [5.41, 5.74) is 0.839. The van der Waals surface area contributed by atoms with Crippen molar-refractivity contribution in [2.24, 2.45) is 12.5 Å². The van der Waals surface area contributed by atoms with E-state index in [1.54, 1.807) is 52.3 Å². The van der Waals surface area contributed by atoms with E-state index in [0.717, 1.165) is 29.0 Å². The van der Waals surface area contributed by atoms with E-state index in [-0.39, 0.29) is 30.4 Å². The Kier molecular flexibility index (Phi) is 6.97. The number of alkyl halides is 3. The Labute approximate surface area is 241 Å². The molecule has 3 heterocycles. The number of allylic oxidation sites excluding steroid dienone is 1. The number of Topliss-reactive ketones (excluding diaryl/α,β-unsaturated/α-hetero) is 1. The molecule has 0 saturated heterocycles. The molecule has 0 radical (unpaired) electrons. The first kappa shape index (κ1) is 28.2. The number of aryl methyl sites for hydroxylation is 1. The first-order chi connectivity index (χ1) is 20.0.